The second kappa shape index (κ2) is 7.35. The number of benzene rings is 1. The number of nitrogens with one attached hydrogen (secondary N) is 1. The lowest BCUT2D eigenvalue weighted by molar-refractivity contribution is -0.384. The molecule has 0 saturated carbocycles. The van der Waals surface area contributed by atoms with Crippen LogP contribution in [0.25, 0.3) is 5.69 Å². The molecule has 0 fully saturated rings. The second-order valence-electron chi connectivity index (χ2n) is 4.89. The first-order valence-corrected chi connectivity index (χ1v) is 7.18. The highest BCUT2D eigenvalue weighted by atomic mass is 16.6. The monoisotopic (exact) mass is 302 g/mol. The molecule has 0 saturated heterocycles. The van der Waals surface area contributed by atoms with Gasteiger partial charge in [-0.05, 0) is 18.6 Å². The van der Waals surface area contributed by atoms with Gasteiger partial charge in [-0.1, -0.05) is 19.8 Å². The molecule has 0 aliphatic heterocycles. The van der Waals surface area contributed by atoms with Crippen LogP contribution in [0.15, 0.2) is 36.9 Å². The molecule has 0 atom stereocenters. The molecule has 0 aliphatic carbocycles. The van der Waals surface area contributed by atoms with E-state index >= 15 is 0 Å². The molecule has 1 aromatic heterocycles. The quantitative estimate of drug-likeness (QED) is 0.483. The molecule has 2 aromatic rings. The summed E-state index contributed by atoms with van der Waals surface area (Å²) in [7, 11) is 0. The van der Waals surface area contributed by atoms with Gasteiger partial charge in [-0.15, -0.1) is 0 Å². The Labute approximate surface area is 128 Å². The van der Waals surface area contributed by atoms with Crippen LogP contribution in [0.3, 0.4) is 0 Å². The van der Waals surface area contributed by atoms with Crippen molar-refractivity contribution in [1.82, 2.24) is 14.9 Å². The maximum Gasteiger partial charge on any atom is 0.294 e. The summed E-state index contributed by atoms with van der Waals surface area (Å²) in [5, 5.41) is 14.0. The summed E-state index contributed by atoms with van der Waals surface area (Å²) in [6.45, 7) is 2.66. The normalized spacial score (nSPS) is 10.4. The molecule has 2 rings (SSSR count). The number of unbranched alkanes of at least 4 members (excludes halogenated alkanes) is 2. The second-order valence-corrected chi connectivity index (χ2v) is 4.89. The van der Waals surface area contributed by atoms with E-state index in [1.54, 1.807) is 22.9 Å². The number of rotatable bonds is 7. The molecular weight excluding hydrogens is 284 g/mol. The fourth-order valence-electron chi connectivity index (χ4n) is 2.11. The predicted molar refractivity (Wildman–Crippen MR) is 82.1 cm³/mol. The van der Waals surface area contributed by atoms with Gasteiger partial charge in [0.25, 0.3) is 11.6 Å². The first kappa shape index (κ1) is 15.7. The number of amides is 1. The maximum absolute atomic E-state index is 12.0. The van der Waals surface area contributed by atoms with Crippen molar-refractivity contribution in [2.45, 2.75) is 26.2 Å². The van der Waals surface area contributed by atoms with Crippen LogP contribution >= 0.6 is 0 Å². The molecule has 22 heavy (non-hydrogen) atoms. The zero-order chi connectivity index (χ0) is 15.9. The summed E-state index contributed by atoms with van der Waals surface area (Å²) in [6.07, 6.45) is 7.65. The molecule has 7 nitrogen and oxygen atoms in total. The summed E-state index contributed by atoms with van der Waals surface area (Å²) in [4.78, 5) is 26.6. The Morgan fingerprint density at radius 3 is 2.86 bits per heavy atom. The lowest BCUT2D eigenvalue weighted by atomic mass is 10.1. The lowest BCUT2D eigenvalue weighted by Gasteiger charge is -2.07. The van der Waals surface area contributed by atoms with Crippen LogP contribution in [0.4, 0.5) is 5.69 Å². The average Bonchev–Trinajstić information content (AvgIpc) is 3.05. The summed E-state index contributed by atoms with van der Waals surface area (Å²) in [5.74, 6) is -0.295. The number of nitrogens with zero attached hydrogens (tertiary/aromatic N) is 3. The van der Waals surface area contributed by atoms with E-state index in [0.29, 0.717) is 12.2 Å². The highest BCUT2D eigenvalue weighted by molar-refractivity contribution is 5.95. The van der Waals surface area contributed by atoms with E-state index in [1.165, 1.54) is 18.6 Å². The summed E-state index contributed by atoms with van der Waals surface area (Å²) in [6, 6.07) is 4.43. The van der Waals surface area contributed by atoms with Crippen molar-refractivity contribution >= 4 is 11.6 Å². The molecular formula is C15H18N4O3. The van der Waals surface area contributed by atoms with Crippen molar-refractivity contribution < 1.29 is 9.72 Å². The van der Waals surface area contributed by atoms with Crippen molar-refractivity contribution in [3.05, 3.63) is 52.6 Å². The van der Waals surface area contributed by atoms with Crippen molar-refractivity contribution in [1.29, 1.82) is 0 Å². The van der Waals surface area contributed by atoms with E-state index in [2.05, 4.69) is 17.2 Å². The average molecular weight is 302 g/mol. The fraction of sp³-hybridized carbons (Fsp3) is 0.333. The molecule has 0 unspecified atom stereocenters. The largest absolute Gasteiger partial charge is 0.352 e. The van der Waals surface area contributed by atoms with Crippen LogP contribution in [0, 0.1) is 10.1 Å². The zero-order valence-electron chi connectivity index (χ0n) is 12.4. The number of imidazole rings is 1. The van der Waals surface area contributed by atoms with Gasteiger partial charge in [0, 0.05) is 30.6 Å². The minimum Gasteiger partial charge on any atom is -0.352 e. The SMILES string of the molecule is CCCCCNC(=O)c1ccc(-n2ccnc2)c([N+](=O)[O-])c1. The molecule has 0 aliphatic rings. The molecule has 1 amide bonds. The molecule has 1 aromatic carbocycles. The minimum atomic E-state index is -0.497. The molecule has 0 bridgehead atoms. The fourth-order valence-corrected chi connectivity index (χ4v) is 2.11. The van der Waals surface area contributed by atoms with Crippen molar-refractivity contribution in [2.24, 2.45) is 0 Å². The smallest absolute Gasteiger partial charge is 0.294 e. The first-order valence-electron chi connectivity index (χ1n) is 7.18. The van der Waals surface area contributed by atoms with Gasteiger partial charge in [0.2, 0.25) is 0 Å². The molecule has 0 spiro atoms. The third-order valence-electron chi connectivity index (χ3n) is 3.28. The number of hydrogen-bond donors (Lipinski definition) is 1. The Morgan fingerprint density at radius 2 is 2.23 bits per heavy atom. The van der Waals surface area contributed by atoms with E-state index in [4.69, 9.17) is 0 Å². The molecule has 0 radical (unpaired) electrons. The Morgan fingerprint density at radius 1 is 1.41 bits per heavy atom. The van der Waals surface area contributed by atoms with Gasteiger partial charge in [-0.2, -0.15) is 0 Å². The van der Waals surface area contributed by atoms with E-state index < -0.39 is 4.92 Å². The Bertz CT molecular complexity index is 653. The highest BCUT2D eigenvalue weighted by Gasteiger charge is 2.18. The topological polar surface area (TPSA) is 90.1 Å². The number of hydrogen-bond acceptors (Lipinski definition) is 4. The van der Waals surface area contributed by atoms with E-state index in [-0.39, 0.29) is 17.2 Å². The maximum atomic E-state index is 12.0. The van der Waals surface area contributed by atoms with Crippen LogP contribution in [0.2, 0.25) is 0 Å². The van der Waals surface area contributed by atoms with Crippen LogP contribution in [0.1, 0.15) is 36.5 Å². The predicted octanol–water partition coefficient (Wildman–Crippen LogP) is 2.70. The lowest BCUT2D eigenvalue weighted by Crippen LogP contribution is -2.24. The zero-order valence-corrected chi connectivity index (χ0v) is 12.4. The van der Waals surface area contributed by atoms with Gasteiger partial charge >= 0.3 is 0 Å². The number of nitro benzene ring substituents is 1. The third-order valence-corrected chi connectivity index (χ3v) is 3.28. The van der Waals surface area contributed by atoms with Crippen molar-refractivity contribution in [3.8, 4) is 5.69 Å². The van der Waals surface area contributed by atoms with Crippen LogP contribution < -0.4 is 5.32 Å². The van der Waals surface area contributed by atoms with Gasteiger partial charge in [0.1, 0.15) is 5.69 Å². The summed E-state index contributed by atoms with van der Waals surface area (Å²) >= 11 is 0. The van der Waals surface area contributed by atoms with Gasteiger partial charge < -0.3 is 9.88 Å². The van der Waals surface area contributed by atoms with Crippen molar-refractivity contribution in [2.75, 3.05) is 6.54 Å². The molecule has 116 valence electrons. The van der Waals surface area contributed by atoms with Crippen LogP contribution in [-0.4, -0.2) is 26.9 Å². The molecule has 7 heteroatoms. The Kier molecular flexibility index (Phi) is 5.24. The Balaban J connectivity index is 2.19. The highest BCUT2D eigenvalue weighted by Crippen LogP contribution is 2.24. The summed E-state index contributed by atoms with van der Waals surface area (Å²) in [5.41, 5.74) is 0.538. The minimum absolute atomic E-state index is 0.126. The summed E-state index contributed by atoms with van der Waals surface area (Å²) < 4.78 is 1.54. The first-order chi connectivity index (χ1) is 10.6. The van der Waals surface area contributed by atoms with Gasteiger partial charge in [0.05, 0.1) is 11.3 Å². The number of nitro groups is 1. The number of carbonyl (C=O) groups excluding carboxylic acids is 1. The number of carbonyl (C=O) groups is 1. The Hall–Kier alpha value is -2.70. The molecule has 1 heterocycles. The van der Waals surface area contributed by atoms with Crippen LogP contribution in [-0.2, 0) is 0 Å². The number of aromatic nitrogens is 2. The standard InChI is InChI=1S/C15H18N4O3/c1-2-3-4-7-17-15(20)12-5-6-13(14(10-12)19(21)22)18-9-8-16-11-18/h5-6,8-11H,2-4,7H2,1H3,(H,17,20). The van der Waals surface area contributed by atoms with E-state index in [0.717, 1.165) is 19.3 Å². The van der Waals surface area contributed by atoms with Crippen LogP contribution in [0.5, 0.6) is 0 Å². The van der Waals surface area contributed by atoms with Gasteiger partial charge in [-0.3, -0.25) is 14.9 Å². The van der Waals surface area contributed by atoms with Gasteiger partial charge in [-0.25, -0.2) is 4.98 Å². The van der Waals surface area contributed by atoms with E-state index in [9.17, 15) is 14.9 Å². The van der Waals surface area contributed by atoms with Gasteiger partial charge in [0.15, 0.2) is 0 Å². The third kappa shape index (κ3) is 3.69. The van der Waals surface area contributed by atoms with E-state index in [1.807, 2.05) is 0 Å². The van der Waals surface area contributed by atoms with Crippen molar-refractivity contribution in [3.63, 3.8) is 0 Å². The molecule has 1 N–H and O–H groups in total.